The third-order valence-electron chi connectivity index (χ3n) is 2.28. The molecule has 4 nitrogen and oxygen atoms in total. The number of nitrogens with one attached hydrogen (secondary N) is 1. The van der Waals surface area contributed by atoms with Crippen LogP contribution in [0.4, 0.5) is 14.5 Å². The van der Waals surface area contributed by atoms with Crippen molar-refractivity contribution < 1.29 is 23.1 Å². The van der Waals surface area contributed by atoms with E-state index in [1.165, 1.54) is 24.3 Å². The van der Waals surface area contributed by atoms with Crippen molar-refractivity contribution in [3.63, 3.8) is 0 Å². The average Bonchev–Trinajstić information content (AvgIpc) is 2.80. The fourth-order valence-electron chi connectivity index (χ4n) is 1.41. The Labute approximate surface area is 101 Å². The number of rotatable bonds is 4. The van der Waals surface area contributed by atoms with Gasteiger partial charge in [-0.3, -0.25) is 0 Å². The first-order chi connectivity index (χ1) is 8.58. The minimum atomic E-state index is -1.18. The van der Waals surface area contributed by atoms with Gasteiger partial charge in [-0.2, -0.15) is 0 Å². The molecule has 0 saturated heterocycles. The van der Waals surface area contributed by atoms with Crippen LogP contribution >= 0.6 is 0 Å². The summed E-state index contributed by atoms with van der Waals surface area (Å²) in [7, 11) is 0. The largest absolute Gasteiger partial charge is 0.475 e. The van der Waals surface area contributed by atoms with Gasteiger partial charge in [0.2, 0.25) is 5.76 Å². The topological polar surface area (TPSA) is 62.5 Å². The van der Waals surface area contributed by atoms with Crippen LogP contribution in [0.5, 0.6) is 0 Å². The highest BCUT2D eigenvalue weighted by molar-refractivity contribution is 5.84. The smallest absolute Gasteiger partial charge is 0.371 e. The summed E-state index contributed by atoms with van der Waals surface area (Å²) in [5, 5.41) is 11.3. The number of hydrogen-bond acceptors (Lipinski definition) is 3. The second-order valence-corrected chi connectivity index (χ2v) is 3.53. The number of carboxylic acid groups (broad SMARTS) is 1. The molecule has 94 valence electrons. The maximum absolute atomic E-state index is 13.3. The molecule has 2 rings (SSSR count). The fraction of sp³-hybridized carbons (Fsp3) is 0.0833. The average molecular weight is 253 g/mol. The lowest BCUT2D eigenvalue weighted by atomic mass is 10.3. The molecule has 0 spiro atoms. The molecule has 0 radical (unpaired) electrons. The molecule has 0 unspecified atom stereocenters. The van der Waals surface area contributed by atoms with E-state index in [1.807, 2.05) is 0 Å². The van der Waals surface area contributed by atoms with E-state index >= 15 is 0 Å². The monoisotopic (exact) mass is 253 g/mol. The number of anilines is 1. The number of furan rings is 1. The van der Waals surface area contributed by atoms with E-state index in [-0.39, 0.29) is 18.0 Å². The second kappa shape index (κ2) is 4.87. The third-order valence-corrected chi connectivity index (χ3v) is 2.28. The van der Waals surface area contributed by atoms with Gasteiger partial charge in [0.1, 0.15) is 5.76 Å². The Morgan fingerprint density at radius 1 is 1.28 bits per heavy atom. The van der Waals surface area contributed by atoms with E-state index in [0.29, 0.717) is 5.76 Å². The van der Waals surface area contributed by atoms with Gasteiger partial charge in [-0.05, 0) is 24.3 Å². The molecule has 0 fully saturated rings. The summed E-state index contributed by atoms with van der Waals surface area (Å²) in [5.41, 5.74) is -0.0109. The Bertz CT molecular complexity index is 580. The quantitative estimate of drug-likeness (QED) is 0.879. The zero-order chi connectivity index (χ0) is 13.1. The Kier molecular flexibility index (Phi) is 3.27. The van der Waals surface area contributed by atoms with Crippen LogP contribution in [0.15, 0.2) is 34.7 Å². The van der Waals surface area contributed by atoms with Crippen molar-refractivity contribution >= 4 is 11.7 Å². The molecular formula is C12H9F2NO3. The summed E-state index contributed by atoms with van der Waals surface area (Å²) in [6.07, 6.45) is 0. The van der Waals surface area contributed by atoms with Crippen LogP contribution in [0, 0.1) is 11.6 Å². The van der Waals surface area contributed by atoms with E-state index in [0.717, 1.165) is 6.07 Å². The molecule has 0 saturated carbocycles. The van der Waals surface area contributed by atoms with Gasteiger partial charge >= 0.3 is 5.97 Å². The summed E-state index contributed by atoms with van der Waals surface area (Å²) in [6, 6.07) is 6.50. The van der Waals surface area contributed by atoms with Crippen LogP contribution in [-0.2, 0) is 6.54 Å². The minimum Gasteiger partial charge on any atom is -0.475 e. The van der Waals surface area contributed by atoms with Gasteiger partial charge in [0.15, 0.2) is 11.6 Å². The van der Waals surface area contributed by atoms with E-state index in [9.17, 15) is 13.6 Å². The summed E-state index contributed by atoms with van der Waals surface area (Å²) in [6.45, 7) is 0.0631. The summed E-state index contributed by atoms with van der Waals surface area (Å²) in [4.78, 5) is 10.6. The second-order valence-electron chi connectivity index (χ2n) is 3.53. The molecule has 18 heavy (non-hydrogen) atoms. The fourth-order valence-corrected chi connectivity index (χ4v) is 1.41. The maximum Gasteiger partial charge on any atom is 0.371 e. The van der Waals surface area contributed by atoms with Crippen LogP contribution in [0.25, 0.3) is 0 Å². The Morgan fingerprint density at radius 3 is 2.72 bits per heavy atom. The van der Waals surface area contributed by atoms with Gasteiger partial charge in [-0.1, -0.05) is 6.07 Å². The van der Waals surface area contributed by atoms with E-state index in [1.54, 1.807) is 0 Å². The van der Waals surface area contributed by atoms with Gasteiger partial charge in [0.25, 0.3) is 0 Å². The van der Waals surface area contributed by atoms with Crippen molar-refractivity contribution in [2.45, 2.75) is 6.54 Å². The lowest BCUT2D eigenvalue weighted by Gasteiger charge is -2.05. The number of halogens is 2. The van der Waals surface area contributed by atoms with E-state index in [4.69, 9.17) is 9.52 Å². The Balaban J connectivity index is 2.07. The highest BCUT2D eigenvalue weighted by Gasteiger charge is 2.10. The molecule has 1 aromatic carbocycles. The molecule has 6 heteroatoms. The highest BCUT2D eigenvalue weighted by atomic mass is 19.2. The van der Waals surface area contributed by atoms with Crippen LogP contribution in [0.3, 0.4) is 0 Å². The zero-order valence-electron chi connectivity index (χ0n) is 9.11. The first-order valence-corrected chi connectivity index (χ1v) is 5.08. The number of hydrogen-bond donors (Lipinski definition) is 2. The molecule has 0 bridgehead atoms. The third kappa shape index (κ3) is 2.48. The van der Waals surface area contributed by atoms with Crippen molar-refractivity contribution in [2.24, 2.45) is 0 Å². The lowest BCUT2D eigenvalue weighted by Crippen LogP contribution is -2.02. The van der Waals surface area contributed by atoms with Crippen LogP contribution in [0.2, 0.25) is 0 Å². The van der Waals surface area contributed by atoms with Crippen LogP contribution in [0.1, 0.15) is 16.3 Å². The Morgan fingerprint density at radius 2 is 2.06 bits per heavy atom. The maximum atomic E-state index is 13.3. The van der Waals surface area contributed by atoms with Gasteiger partial charge < -0.3 is 14.8 Å². The van der Waals surface area contributed by atoms with Gasteiger partial charge in [0, 0.05) is 0 Å². The van der Waals surface area contributed by atoms with Crippen molar-refractivity contribution in [3.8, 4) is 0 Å². The molecule has 0 aliphatic carbocycles. The molecule has 0 amide bonds. The van der Waals surface area contributed by atoms with Crippen molar-refractivity contribution in [1.82, 2.24) is 0 Å². The zero-order valence-corrected chi connectivity index (χ0v) is 9.11. The molecule has 1 aromatic heterocycles. The first-order valence-electron chi connectivity index (χ1n) is 5.08. The number of aromatic carboxylic acids is 1. The number of benzene rings is 1. The van der Waals surface area contributed by atoms with Crippen molar-refractivity contribution in [1.29, 1.82) is 0 Å². The van der Waals surface area contributed by atoms with Gasteiger partial charge in [-0.15, -0.1) is 0 Å². The molecule has 0 aliphatic rings. The summed E-state index contributed by atoms with van der Waals surface area (Å²) in [5.74, 6) is -3.01. The SMILES string of the molecule is O=C(O)c1ccc(CNc2cccc(F)c2F)o1. The normalized spacial score (nSPS) is 10.3. The molecule has 2 aromatic rings. The van der Waals surface area contributed by atoms with E-state index in [2.05, 4.69) is 5.32 Å². The van der Waals surface area contributed by atoms with Gasteiger partial charge in [0.05, 0.1) is 12.2 Å². The highest BCUT2D eigenvalue weighted by Crippen LogP contribution is 2.18. The van der Waals surface area contributed by atoms with Crippen LogP contribution in [-0.4, -0.2) is 11.1 Å². The molecule has 1 heterocycles. The minimum absolute atomic E-state index is 0.0109. The Hall–Kier alpha value is -2.37. The summed E-state index contributed by atoms with van der Waals surface area (Å²) >= 11 is 0. The number of carboxylic acids is 1. The molecule has 0 aliphatic heterocycles. The lowest BCUT2D eigenvalue weighted by molar-refractivity contribution is 0.0660. The van der Waals surface area contributed by atoms with Gasteiger partial charge in [-0.25, -0.2) is 13.6 Å². The van der Waals surface area contributed by atoms with Crippen LogP contribution < -0.4 is 5.32 Å². The molecular weight excluding hydrogens is 244 g/mol. The predicted molar refractivity (Wildman–Crippen MR) is 59.4 cm³/mol. The predicted octanol–water partition coefficient (Wildman–Crippen LogP) is 2.87. The van der Waals surface area contributed by atoms with Crippen molar-refractivity contribution in [3.05, 3.63) is 53.5 Å². The molecule has 2 N–H and O–H groups in total. The number of carbonyl (C=O) groups is 1. The molecule has 0 atom stereocenters. The first kappa shape index (κ1) is 12.1. The summed E-state index contributed by atoms with van der Waals surface area (Å²) < 4.78 is 31.1. The van der Waals surface area contributed by atoms with E-state index < -0.39 is 17.6 Å². The standard InChI is InChI=1S/C12H9F2NO3/c13-8-2-1-3-9(11(8)14)15-6-7-4-5-10(18-7)12(16)17/h1-5,15H,6H2,(H,16,17). The van der Waals surface area contributed by atoms with Crippen molar-refractivity contribution in [2.75, 3.05) is 5.32 Å².